The van der Waals surface area contributed by atoms with Crippen molar-refractivity contribution in [3.63, 3.8) is 0 Å². The van der Waals surface area contributed by atoms with Crippen LogP contribution in [0.1, 0.15) is 25.7 Å². The van der Waals surface area contributed by atoms with Crippen LogP contribution in [0.25, 0.3) is 0 Å². The fourth-order valence-electron chi connectivity index (χ4n) is 2.35. The van der Waals surface area contributed by atoms with E-state index in [1.54, 1.807) is 0 Å². The first kappa shape index (κ1) is 10.3. The van der Waals surface area contributed by atoms with Crippen LogP contribution in [-0.4, -0.2) is 31.6 Å². The highest BCUT2D eigenvalue weighted by Gasteiger charge is 2.39. The predicted octanol–water partition coefficient (Wildman–Crippen LogP) is 1.37. The van der Waals surface area contributed by atoms with Gasteiger partial charge in [0.1, 0.15) is 0 Å². The molecule has 0 radical (unpaired) electrons. The quantitative estimate of drug-likeness (QED) is 0.725. The minimum Gasteiger partial charge on any atom is -0.316 e. The number of hydrogen-bond acceptors (Lipinski definition) is 2. The van der Waals surface area contributed by atoms with E-state index in [1.165, 1.54) is 6.42 Å². The van der Waals surface area contributed by atoms with Crippen molar-refractivity contribution < 1.29 is 8.78 Å². The van der Waals surface area contributed by atoms with Gasteiger partial charge >= 0.3 is 0 Å². The van der Waals surface area contributed by atoms with Crippen LogP contribution in [0, 0.1) is 5.92 Å². The molecule has 0 aromatic carbocycles. The maximum Gasteiger partial charge on any atom is 0.249 e. The third kappa shape index (κ3) is 2.64. The Hall–Kier alpha value is -0.220. The lowest BCUT2D eigenvalue weighted by Gasteiger charge is -2.15. The molecule has 1 unspecified atom stereocenters. The summed E-state index contributed by atoms with van der Waals surface area (Å²) in [6.07, 6.45) is 1.91. The van der Waals surface area contributed by atoms with E-state index in [0.717, 1.165) is 19.6 Å². The van der Waals surface area contributed by atoms with Gasteiger partial charge in [-0.3, -0.25) is 0 Å². The highest BCUT2D eigenvalue weighted by Crippen LogP contribution is 2.34. The molecule has 0 aromatic heterocycles. The Labute approximate surface area is 83.4 Å². The monoisotopic (exact) mass is 204 g/mol. The van der Waals surface area contributed by atoms with Gasteiger partial charge in [0.15, 0.2) is 0 Å². The van der Waals surface area contributed by atoms with Crippen molar-refractivity contribution in [2.24, 2.45) is 5.92 Å². The van der Waals surface area contributed by atoms with Gasteiger partial charge in [-0.2, -0.15) is 0 Å². The molecule has 2 atom stereocenters. The van der Waals surface area contributed by atoms with Crippen molar-refractivity contribution in [2.45, 2.75) is 37.6 Å². The number of alkyl halides is 2. The summed E-state index contributed by atoms with van der Waals surface area (Å²) in [7, 11) is 0. The molecule has 2 rings (SSSR count). The zero-order chi connectivity index (χ0) is 10.0. The summed E-state index contributed by atoms with van der Waals surface area (Å²) in [6, 6.07) is 0.0469. The summed E-state index contributed by atoms with van der Waals surface area (Å²) in [5, 5.41) is 6.53. The predicted molar refractivity (Wildman–Crippen MR) is 51.6 cm³/mol. The van der Waals surface area contributed by atoms with Crippen LogP contribution in [0.3, 0.4) is 0 Å². The molecule has 82 valence electrons. The van der Waals surface area contributed by atoms with E-state index in [2.05, 4.69) is 10.6 Å². The average Bonchev–Trinajstić information content (AvgIpc) is 2.70. The van der Waals surface area contributed by atoms with Crippen LogP contribution < -0.4 is 10.6 Å². The van der Waals surface area contributed by atoms with E-state index in [0.29, 0.717) is 12.3 Å². The number of halogens is 2. The van der Waals surface area contributed by atoms with Gasteiger partial charge in [0.05, 0.1) is 0 Å². The Morgan fingerprint density at radius 2 is 2.21 bits per heavy atom. The summed E-state index contributed by atoms with van der Waals surface area (Å²) in [6.45, 7) is 3.01. The Balaban J connectivity index is 1.66. The van der Waals surface area contributed by atoms with E-state index >= 15 is 0 Å². The van der Waals surface area contributed by atoms with E-state index in [-0.39, 0.29) is 18.9 Å². The Bertz CT molecular complexity index is 191. The second kappa shape index (κ2) is 4.11. The minimum absolute atomic E-state index is 0.0349. The van der Waals surface area contributed by atoms with Crippen molar-refractivity contribution in [2.75, 3.05) is 19.6 Å². The first-order chi connectivity index (χ1) is 6.66. The number of nitrogens with one attached hydrogen (secondary N) is 2. The second-order valence-electron chi connectivity index (χ2n) is 4.56. The number of hydrogen-bond donors (Lipinski definition) is 2. The van der Waals surface area contributed by atoms with Crippen LogP contribution in [0.5, 0.6) is 0 Å². The van der Waals surface area contributed by atoms with Crippen molar-refractivity contribution in [3.8, 4) is 0 Å². The van der Waals surface area contributed by atoms with Crippen LogP contribution in [0.4, 0.5) is 8.78 Å². The molecule has 0 spiro atoms. The normalized spacial score (nSPS) is 36.4. The molecule has 1 aliphatic carbocycles. The fraction of sp³-hybridized carbons (Fsp3) is 1.00. The Kier molecular flexibility index (Phi) is 3.02. The molecule has 0 aromatic rings. The summed E-state index contributed by atoms with van der Waals surface area (Å²) in [5.41, 5.74) is 0. The van der Waals surface area contributed by atoms with E-state index in [9.17, 15) is 8.78 Å². The molecular formula is C10H18F2N2. The summed E-state index contributed by atoms with van der Waals surface area (Å²) >= 11 is 0. The zero-order valence-corrected chi connectivity index (χ0v) is 8.36. The molecule has 0 bridgehead atoms. The lowest BCUT2D eigenvalue weighted by molar-refractivity contribution is 0.00684. The molecule has 2 aliphatic rings. The molecule has 2 fully saturated rings. The highest BCUT2D eigenvalue weighted by molar-refractivity contribution is 4.86. The third-order valence-corrected chi connectivity index (χ3v) is 3.26. The van der Waals surface area contributed by atoms with Crippen molar-refractivity contribution in [1.29, 1.82) is 0 Å². The first-order valence-electron chi connectivity index (χ1n) is 5.48. The third-order valence-electron chi connectivity index (χ3n) is 3.26. The van der Waals surface area contributed by atoms with Gasteiger partial charge in [-0.05, 0) is 38.4 Å². The van der Waals surface area contributed by atoms with Gasteiger partial charge in [-0.25, -0.2) is 8.78 Å². The van der Waals surface area contributed by atoms with Gasteiger partial charge in [0.2, 0.25) is 5.92 Å². The standard InChI is InChI=1S/C10H18F2N2/c11-10(12)3-1-9(5-10)14-7-8-2-4-13-6-8/h8-9,13-14H,1-7H2/t8-,9?/m0/s1. The van der Waals surface area contributed by atoms with Crippen molar-refractivity contribution in [1.82, 2.24) is 10.6 Å². The summed E-state index contributed by atoms with van der Waals surface area (Å²) < 4.78 is 25.7. The van der Waals surface area contributed by atoms with Crippen molar-refractivity contribution in [3.05, 3.63) is 0 Å². The van der Waals surface area contributed by atoms with E-state index in [1.807, 2.05) is 0 Å². The number of rotatable bonds is 3. The maximum absolute atomic E-state index is 12.8. The van der Waals surface area contributed by atoms with Gasteiger partial charge in [-0.1, -0.05) is 0 Å². The smallest absolute Gasteiger partial charge is 0.249 e. The fourth-order valence-corrected chi connectivity index (χ4v) is 2.35. The Morgan fingerprint density at radius 1 is 1.36 bits per heavy atom. The van der Waals surface area contributed by atoms with E-state index < -0.39 is 5.92 Å². The molecule has 4 heteroatoms. The summed E-state index contributed by atoms with van der Waals surface area (Å²) in [4.78, 5) is 0. The second-order valence-corrected chi connectivity index (χ2v) is 4.56. The first-order valence-corrected chi connectivity index (χ1v) is 5.48. The van der Waals surface area contributed by atoms with Gasteiger partial charge in [0.25, 0.3) is 0 Å². The van der Waals surface area contributed by atoms with Gasteiger partial charge in [-0.15, -0.1) is 0 Å². The molecule has 0 amide bonds. The van der Waals surface area contributed by atoms with Crippen molar-refractivity contribution >= 4 is 0 Å². The molecule has 2 N–H and O–H groups in total. The molecule has 1 aliphatic heterocycles. The maximum atomic E-state index is 12.8. The van der Waals surface area contributed by atoms with Gasteiger partial charge < -0.3 is 10.6 Å². The molecule has 14 heavy (non-hydrogen) atoms. The van der Waals surface area contributed by atoms with Crippen LogP contribution in [-0.2, 0) is 0 Å². The lowest BCUT2D eigenvalue weighted by Crippen LogP contribution is -2.33. The van der Waals surface area contributed by atoms with Gasteiger partial charge in [0, 0.05) is 18.9 Å². The highest BCUT2D eigenvalue weighted by atomic mass is 19.3. The van der Waals surface area contributed by atoms with E-state index in [4.69, 9.17) is 0 Å². The van der Waals surface area contributed by atoms with Crippen LogP contribution in [0.15, 0.2) is 0 Å². The van der Waals surface area contributed by atoms with Crippen LogP contribution in [0.2, 0.25) is 0 Å². The lowest BCUT2D eigenvalue weighted by atomic mass is 10.1. The topological polar surface area (TPSA) is 24.1 Å². The van der Waals surface area contributed by atoms with Crippen LogP contribution >= 0.6 is 0 Å². The molecule has 1 saturated heterocycles. The largest absolute Gasteiger partial charge is 0.316 e. The molecule has 2 nitrogen and oxygen atoms in total. The SMILES string of the molecule is FC1(F)CCC(NC[C@H]2CCNC2)C1. The zero-order valence-electron chi connectivity index (χ0n) is 8.36. The average molecular weight is 204 g/mol. The molecular weight excluding hydrogens is 186 g/mol. The molecule has 1 saturated carbocycles. The Morgan fingerprint density at radius 3 is 2.79 bits per heavy atom. The minimum atomic E-state index is -2.41. The summed E-state index contributed by atoms with van der Waals surface area (Å²) in [5.74, 6) is -1.77. The molecule has 1 heterocycles.